The van der Waals surface area contributed by atoms with E-state index < -0.39 is 17.2 Å². The van der Waals surface area contributed by atoms with Gasteiger partial charge in [0, 0.05) is 31.1 Å². The number of aliphatic hydroxyl groups is 1. The predicted molar refractivity (Wildman–Crippen MR) is 122 cm³/mol. The number of imidazole rings is 1. The first-order chi connectivity index (χ1) is 14.6. The van der Waals surface area contributed by atoms with Crippen LogP contribution in [0.5, 0.6) is 0 Å². The molecule has 168 valence electrons. The fourth-order valence-electron chi connectivity index (χ4n) is 3.34. The minimum atomic E-state index is -0.543. The Hall–Kier alpha value is -2.14. The van der Waals surface area contributed by atoms with E-state index >= 15 is 0 Å². The van der Waals surface area contributed by atoms with Crippen molar-refractivity contribution in [2.75, 3.05) is 13.2 Å². The van der Waals surface area contributed by atoms with Crippen LogP contribution in [0.25, 0.3) is 10.2 Å². The summed E-state index contributed by atoms with van der Waals surface area (Å²) in [5.74, 6) is 0.0917. The van der Waals surface area contributed by atoms with Gasteiger partial charge in [-0.05, 0) is 27.2 Å². The van der Waals surface area contributed by atoms with Crippen LogP contribution in [0.2, 0.25) is 10.3 Å². The van der Waals surface area contributed by atoms with Crippen LogP contribution in [0.15, 0.2) is 9.59 Å². The third-order valence-corrected chi connectivity index (χ3v) is 6.83. The van der Waals surface area contributed by atoms with Crippen LogP contribution in [-0.2, 0) is 13.6 Å². The number of rotatable bonds is 7. The molecule has 0 saturated heterocycles. The standard InChI is InChI=1S/C19H23Cl2N5O4S/c1-9(2)26-18-13(17(29)24(4)19(26)30)12(16(28)22-6-5-7-27)11(31-18)8-25-10(3)23-14(20)15(25)21/h9,27H,5-8H2,1-4H3,(H,22,28). The van der Waals surface area contributed by atoms with Crippen molar-refractivity contribution in [1.29, 1.82) is 0 Å². The summed E-state index contributed by atoms with van der Waals surface area (Å²) in [6.07, 6.45) is 0.375. The van der Waals surface area contributed by atoms with Gasteiger partial charge in [-0.15, -0.1) is 11.3 Å². The number of hydrogen-bond donors (Lipinski definition) is 2. The molecule has 0 bridgehead atoms. The van der Waals surface area contributed by atoms with Crippen LogP contribution in [0.3, 0.4) is 0 Å². The summed E-state index contributed by atoms with van der Waals surface area (Å²) in [6.45, 7) is 5.73. The number of aryl methyl sites for hydroxylation is 1. The van der Waals surface area contributed by atoms with E-state index in [1.54, 1.807) is 11.5 Å². The second-order valence-corrected chi connectivity index (χ2v) is 9.15. The minimum absolute atomic E-state index is 0.0749. The van der Waals surface area contributed by atoms with Crippen molar-refractivity contribution in [2.24, 2.45) is 7.05 Å². The van der Waals surface area contributed by atoms with Crippen molar-refractivity contribution >= 4 is 50.7 Å². The highest BCUT2D eigenvalue weighted by Crippen LogP contribution is 2.33. The zero-order valence-electron chi connectivity index (χ0n) is 17.5. The number of aromatic nitrogens is 4. The quantitative estimate of drug-likeness (QED) is 0.496. The van der Waals surface area contributed by atoms with E-state index in [1.807, 2.05) is 13.8 Å². The monoisotopic (exact) mass is 487 g/mol. The maximum Gasteiger partial charge on any atom is 0.332 e. The van der Waals surface area contributed by atoms with Crippen molar-refractivity contribution in [3.8, 4) is 0 Å². The van der Waals surface area contributed by atoms with E-state index in [0.717, 1.165) is 4.57 Å². The van der Waals surface area contributed by atoms with Crippen molar-refractivity contribution < 1.29 is 9.90 Å². The Bertz CT molecular complexity index is 1270. The predicted octanol–water partition coefficient (Wildman–Crippen LogP) is 2.31. The summed E-state index contributed by atoms with van der Waals surface area (Å²) < 4.78 is 4.15. The minimum Gasteiger partial charge on any atom is -0.396 e. The lowest BCUT2D eigenvalue weighted by atomic mass is 10.1. The van der Waals surface area contributed by atoms with E-state index in [9.17, 15) is 14.4 Å². The molecule has 3 aromatic rings. The lowest BCUT2D eigenvalue weighted by Crippen LogP contribution is -2.39. The Morgan fingerprint density at radius 2 is 1.97 bits per heavy atom. The number of aliphatic hydroxyl groups excluding tert-OH is 1. The number of carbonyl (C=O) groups is 1. The van der Waals surface area contributed by atoms with Crippen LogP contribution in [-0.4, -0.2) is 42.9 Å². The molecule has 0 fully saturated rings. The molecule has 9 nitrogen and oxygen atoms in total. The molecule has 2 N–H and O–H groups in total. The van der Waals surface area contributed by atoms with E-state index in [0.29, 0.717) is 22.0 Å². The molecule has 0 spiro atoms. The van der Waals surface area contributed by atoms with Gasteiger partial charge in [0.1, 0.15) is 15.8 Å². The lowest BCUT2D eigenvalue weighted by Gasteiger charge is -2.13. The number of nitrogens with zero attached hydrogens (tertiary/aromatic N) is 4. The van der Waals surface area contributed by atoms with Crippen molar-refractivity contribution in [3.05, 3.63) is 47.4 Å². The Kier molecular flexibility index (Phi) is 6.95. The van der Waals surface area contributed by atoms with Crippen molar-refractivity contribution in [3.63, 3.8) is 0 Å². The normalized spacial score (nSPS) is 11.6. The number of thiophene rings is 1. The number of halogens is 2. The van der Waals surface area contributed by atoms with Crippen LogP contribution in [0, 0.1) is 6.92 Å². The molecule has 0 radical (unpaired) electrons. The molecule has 1 amide bonds. The van der Waals surface area contributed by atoms with Gasteiger partial charge in [-0.1, -0.05) is 23.2 Å². The second-order valence-electron chi connectivity index (χ2n) is 7.35. The van der Waals surface area contributed by atoms with E-state index in [-0.39, 0.29) is 47.0 Å². The van der Waals surface area contributed by atoms with Gasteiger partial charge in [0.05, 0.1) is 17.5 Å². The second kappa shape index (κ2) is 9.15. The van der Waals surface area contributed by atoms with Crippen LogP contribution < -0.4 is 16.6 Å². The molecule has 0 unspecified atom stereocenters. The summed E-state index contributed by atoms with van der Waals surface area (Å²) in [7, 11) is 1.39. The molecular formula is C19H23Cl2N5O4S. The maximum absolute atomic E-state index is 13.1. The number of hydrogen-bond acceptors (Lipinski definition) is 6. The first-order valence-electron chi connectivity index (χ1n) is 9.64. The van der Waals surface area contributed by atoms with Crippen LogP contribution >= 0.6 is 34.5 Å². The van der Waals surface area contributed by atoms with Gasteiger partial charge in [-0.2, -0.15) is 0 Å². The van der Waals surface area contributed by atoms with E-state index in [2.05, 4.69) is 10.3 Å². The van der Waals surface area contributed by atoms with E-state index in [4.69, 9.17) is 28.3 Å². The average Bonchev–Trinajstić information content (AvgIpc) is 3.18. The van der Waals surface area contributed by atoms with Gasteiger partial charge >= 0.3 is 5.69 Å². The Morgan fingerprint density at radius 3 is 2.52 bits per heavy atom. The Labute approximate surface area is 191 Å². The SMILES string of the molecule is Cc1nc(Cl)c(Cl)n1Cc1sc2c(c1C(=O)NCCCO)c(=O)n(C)c(=O)n2C(C)C. The van der Waals surface area contributed by atoms with Crippen LogP contribution in [0.1, 0.15) is 47.4 Å². The molecule has 31 heavy (non-hydrogen) atoms. The molecule has 3 heterocycles. The summed E-state index contributed by atoms with van der Waals surface area (Å²) in [5, 5.41) is 12.3. The molecular weight excluding hydrogens is 465 g/mol. The summed E-state index contributed by atoms with van der Waals surface area (Å²) >= 11 is 13.5. The molecule has 0 saturated carbocycles. The number of nitrogens with one attached hydrogen (secondary N) is 1. The Morgan fingerprint density at radius 1 is 1.29 bits per heavy atom. The van der Waals surface area contributed by atoms with Crippen molar-refractivity contribution in [2.45, 2.75) is 39.8 Å². The summed E-state index contributed by atoms with van der Waals surface area (Å²) in [6, 6.07) is -0.230. The van der Waals surface area contributed by atoms with Gasteiger partial charge in [-0.3, -0.25) is 18.7 Å². The highest BCUT2D eigenvalue weighted by molar-refractivity contribution is 7.19. The topological polar surface area (TPSA) is 111 Å². The fourth-order valence-corrected chi connectivity index (χ4v) is 5.19. The van der Waals surface area contributed by atoms with Gasteiger partial charge in [0.15, 0.2) is 5.15 Å². The van der Waals surface area contributed by atoms with Gasteiger partial charge in [0.2, 0.25) is 0 Å². The van der Waals surface area contributed by atoms with E-state index in [1.165, 1.54) is 23.0 Å². The molecule has 0 aliphatic carbocycles. The molecule has 3 rings (SSSR count). The first-order valence-corrected chi connectivity index (χ1v) is 11.2. The molecule has 0 atom stereocenters. The number of amides is 1. The maximum atomic E-state index is 13.1. The highest BCUT2D eigenvalue weighted by atomic mass is 35.5. The lowest BCUT2D eigenvalue weighted by molar-refractivity contribution is 0.0952. The summed E-state index contributed by atoms with van der Waals surface area (Å²) in [5.41, 5.74) is -0.807. The molecule has 12 heteroatoms. The molecule has 3 aromatic heterocycles. The molecule has 0 aliphatic heterocycles. The van der Waals surface area contributed by atoms with Gasteiger partial charge in [0.25, 0.3) is 11.5 Å². The summed E-state index contributed by atoms with van der Waals surface area (Å²) in [4.78, 5) is 44.0. The fraction of sp³-hybridized carbons (Fsp3) is 0.474. The average molecular weight is 488 g/mol. The van der Waals surface area contributed by atoms with Gasteiger partial charge < -0.3 is 15.0 Å². The first kappa shape index (κ1) is 23.5. The smallest absolute Gasteiger partial charge is 0.332 e. The van der Waals surface area contributed by atoms with Gasteiger partial charge in [-0.25, -0.2) is 9.78 Å². The molecule has 0 aromatic carbocycles. The highest BCUT2D eigenvalue weighted by Gasteiger charge is 2.27. The third-order valence-electron chi connectivity index (χ3n) is 4.92. The third kappa shape index (κ3) is 4.17. The zero-order chi connectivity index (χ0) is 23.0. The number of fused-ring (bicyclic) bond motifs is 1. The molecule has 0 aliphatic rings. The largest absolute Gasteiger partial charge is 0.396 e. The van der Waals surface area contributed by atoms with Crippen molar-refractivity contribution in [1.82, 2.24) is 24.0 Å². The Balaban J connectivity index is 2.32. The number of carbonyl (C=O) groups excluding carboxylic acids is 1. The van der Waals surface area contributed by atoms with Crippen LogP contribution in [0.4, 0.5) is 0 Å². The zero-order valence-corrected chi connectivity index (χ0v) is 19.9.